The minimum Gasteiger partial charge on any atom is -0.395 e. The summed E-state index contributed by atoms with van der Waals surface area (Å²) in [7, 11) is 0. The lowest BCUT2D eigenvalue weighted by Crippen LogP contribution is -2.59. The van der Waals surface area contributed by atoms with Crippen LogP contribution in [-0.4, -0.2) is 93.6 Å². The second-order valence-electron chi connectivity index (χ2n) is 11.6. The number of aliphatic hydroxyl groups excluding tert-OH is 1. The minimum absolute atomic E-state index is 0.00961. The summed E-state index contributed by atoms with van der Waals surface area (Å²) in [6.07, 6.45) is 9.95. The van der Waals surface area contributed by atoms with Gasteiger partial charge in [0.2, 0.25) is 17.7 Å². The third-order valence-electron chi connectivity index (χ3n) is 9.43. The number of carbonyl (C=O) groups excluding carboxylic acids is 3. The number of hydrogen-bond donors (Lipinski definition) is 1. The first-order valence-corrected chi connectivity index (χ1v) is 14.1. The second kappa shape index (κ2) is 10.9. The Bertz CT molecular complexity index is 917. The molecule has 2 bridgehead atoms. The topological polar surface area (TPSA) is 90.4 Å². The first kappa shape index (κ1) is 27.8. The number of aliphatic hydroxyl groups is 1. The molecule has 1 spiro atoms. The van der Waals surface area contributed by atoms with Gasteiger partial charge in [-0.25, -0.2) is 0 Å². The van der Waals surface area contributed by atoms with Gasteiger partial charge in [0, 0.05) is 32.2 Å². The lowest BCUT2D eigenvalue weighted by atomic mass is 9.62. The molecule has 37 heavy (non-hydrogen) atoms. The van der Waals surface area contributed by atoms with Crippen molar-refractivity contribution in [2.24, 2.45) is 17.8 Å². The predicted octanol–water partition coefficient (Wildman–Crippen LogP) is 2.76. The van der Waals surface area contributed by atoms with E-state index in [2.05, 4.69) is 20.1 Å². The van der Waals surface area contributed by atoms with Gasteiger partial charge in [-0.1, -0.05) is 45.3 Å². The SMILES string of the molecule is C=CCN(CCC)C(=O)[C@@H]1[C@H]2C(=O)N(CCO)C(C(=O)N(CC=C)C3CCCCC3)C23CC(C)[C@@]1(C)O3. The lowest BCUT2D eigenvalue weighted by molar-refractivity contribution is -0.156. The van der Waals surface area contributed by atoms with Crippen LogP contribution < -0.4 is 0 Å². The summed E-state index contributed by atoms with van der Waals surface area (Å²) < 4.78 is 6.83. The van der Waals surface area contributed by atoms with Crippen LogP contribution in [0.15, 0.2) is 25.3 Å². The third-order valence-corrected chi connectivity index (χ3v) is 9.43. The Kier molecular flexibility index (Phi) is 8.19. The highest BCUT2D eigenvalue weighted by Gasteiger charge is 2.80. The van der Waals surface area contributed by atoms with Crippen molar-refractivity contribution in [3.05, 3.63) is 25.3 Å². The monoisotopic (exact) mass is 515 g/mol. The molecule has 8 nitrogen and oxygen atoms in total. The number of hydrogen-bond acceptors (Lipinski definition) is 5. The third kappa shape index (κ3) is 4.34. The normalized spacial score (nSPS) is 34.9. The first-order chi connectivity index (χ1) is 17.7. The molecular formula is C29H45N3O5. The quantitative estimate of drug-likeness (QED) is 0.428. The van der Waals surface area contributed by atoms with Gasteiger partial charge in [0.15, 0.2) is 0 Å². The molecule has 8 heteroatoms. The van der Waals surface area contributed by atoms with Crippen LogP contribution in [0.3, 0.4) is 0 Å². The molecule has 3 amide bonds. The Morgan fingerprint density at radius 1 is 1.16 bits per heavy atom. The van der Waals surface area contributed by atoms with Crippen LogP contribution in [0.2, 0.25) is 0 Å². The fourth-order valence-corrected chi connectivity index (χ4v) is 7.76. The van der Waals surface area contributed by atoms with E-state index in [4.69, 9.17) is 4.74 Å². The Labute approximate surface area is 221 Å². The van der Waals surface area contributed by atoms with Gasteiger partial charge in [0.1, 0.15) is 11.6 Å². The van der Waals surface area contributed by atoms with Crippen molar-refractivity contribution in [2.45, 2.75) is 89.0 Å². The number of amides is 3. The highest BCUT2D eigenvalue weighted by atomic mass is 16.5. The molecule has 0 aromatic heterocycles. The zero-order valence-corrected chi connectivity index (χ0v) is 22.9. The van der Waals surface area contributed by atoms with Gasteiger partial charge in [-0.15, -0.1) is 13.2 Å². The molecule has 4 rings (SSSR count). The molecule has 4 fully saturated rings. The van der Waals surface area contributed by atoms with E-state index in [0.717, 1.165) is 32.1 Å². The van der Waals surface area contributed by atoms with Gasteiger partial charge in [-0.3, -0.25) is 14.4 Å². The molecule has 1 N–H and O–H groups in total. The average Bonchev–Trinajstić information content (AvgIpc) is 3.39. The molecule has 6 atom stereocenters. The van der Waals surface area contributed by atoms with E-state index >= 15 is 0 Å². The first-order valence-electron chi connectivity index (χ1n) is 14.1. The van der Waals surface area contributed by atoms with Crippen molar-refractivity contribution >= 4 is 17.7 Å². The molecule has 3 heterocycles. The molecule has 3 saturated heterocycles. The Balaban J connectivity index is 1.77. The van der Waals surface area contributed by atoms with Crippen LogP contribution in [0.5, 0.6) is 0 Å². The smallest absolute Gasteiger partial charge is 0.248 e. The van der Waals surface area contributed by atoms with Crippen molar-refractivity contribution < 1.29 is 24.2 Å². The van der Waals surface area contributed by atoms with Gasteiger partial charge in [0.05, 0.1) is 24.0 Å². The van der Waals surface area contributed by atoms with E-state index in [1.54, 1.807) is 17.1 Å². The summed E-state index contributed by atoms with van der Waals surface area (Å²) in [6, 6.07) is -0.766. The van der Waals surface area contributed by atoms with Crippen molar-refractivity contribution in [1.29, 1.82) is 0 Å². The van der Waals surface area contributed by atoms with Gasteiger partial charge in [-0.2, -0.15) is 0 Å². The summed E-state index contributed by atoms with van der Waals surface area (Å²) in [4.78, 5) is 47.7. The summed E-state index contributed by atoms with van der Waals surface area (Å²) in [5, 5.41) is 9.91. The Morgan fingerprint density at radius 3 is 2.43 bits per heavy atom. The molecule has 0 aromatic rings. The largest absolute Gasteiger partial charge is 0.395 e. The summed E-state index contributed by atoms with van der Waals surface area (Å²) in [5.74, 6) is -1.94. The van der Waals surface area contributed by atoms with Gasteiger partial charge in [0.25, 0.3) is 0 Å². The molecule has 0 aromatic carbocycles. The van der Waals surface area contributed by atoms with E-state index in [0.29, 0.717) is 26.1 Å². The van der Waals surface area contributed by atoms with Gasteiger partial charge in [-0.05, 0) is 38.5 Å². The van der Waals surface area contributed by atoms with Crippen LogP contribution in [0.1, 0.15) is 65.7 Å². The number of ether oxygens (including phenoxy) is 1. The van der Waals surface area contributed by atoms with Crippen LogP contribution in [-0.2, 0) is 19.1 Å². The fraction of sp³-hybridized carbons (Fsp3) is 0.759. The maximum atomic E-state index is 14.4. The summed E-state index contributed by atoms with van der Waals surface area (Å²) in [6.45, 7) is 14.9. The molecule has 1 aliphatic carbocycles. The maximum absolute atomic E-state index is 14.4. The highest BCUT2D eigenvalue weighted by molar-refractivity contribution is 5.99. The number of β-amino-alcohol motifs (C(OH)–C–C–N with tert-alkyl or cyclic N) is 1. The molecule has 4 aliphatic rings. The minimum atomic E-state index is -1.09. The zero-order valence-electron chi connectivity index (χ0n) is 22.9. The van der Waals surface area contributed by atoms with Crippen molar-refractivity contribution in [3.8, 4) is 0 Å². The average molecular weight is 516 g/mol. The molecule has 1 saturated carbocycles. The van der Waals surface area contributed by atoms with Gasteiger partial charge >= 0.3 is 0 Å². The van der Waals surface area contributed by atoms with Crippen molar-refractivity contribution in [3.63, 3.8) is 0 Å². The summed E-state index contributed by atoms with van der Waals surface area (Å²) >= 11 is 0. The number of nitrogens with zero attached hydrogens (tertiary/aromatic N) is 3. The number of rotatable bonds is 11. The Hall–Kier alpha value is -2.19. The van der Waals surface area contributed by atoms with E-state index in [9.17, 15) is 19.5 Å². The summed E-state index contributed by atoms with van der Waals surface area (Å²) in [5.41, 5.74) is -1.93. The van der Waals surface area contributed by atoms with Crippen LogP contribution >= 0.6 is 0 Å². The standard InChI is InChI=1S/C29H45N3O5/c1-6-14-30(15-7-2)25(34)22-23-26(35)32(17-18-33)24(29(23)19-20(4)28(22,5)37-29)27(36)31(16-8-3)21-12-10-9-11-13-21/h6,8,20-24,33H,1,3,7,9-19H2,2,4-5H3/t20?,22-,23-,24?,28+,29?/m0/s1. The Morgan fingerprint density at radius 2 is 1.84 bits per heavy atom. The number of fused-ring (bicyclic) bond motifs is 1. The van der Waals surface area contributed by atoms with E-state index in [1.165, 1.54) is 11.3 Å². The van der Waals surface area contributed by atoms with Crippen LogP contribution in [0, 0.1) is 17.8 Å². The second-order valence-corrected chi connectivity index (χ2v) is 11.6. The predicted molar refractivity (Wildman–Crippen MR) is 141 cm³/mol. The maximum Gasteiger partial charge on any atom is 0.248 e. The molecule has 206 valence electrons. The van der Waals surface area contributed by atoms with E-state index in [1.807, 2.05) is 18.7 Å². The van der Waals surface area contributed by atoms with Crippen LogP contribution in [0.25, 0.3) is 0 Å². The lowest BCUT2D eigenvalue weighted by Gasteiger charge is -2.41. The van der Waals surface area contributed by atoms with Crippen molar-refractivity contribution in [1.82, 2.24) is 14.7 Å². The van der Waals surface area contributed by atoms with Gasteiger partial charge < -0.3 is 24.5 Å². The molecule has 3 aliphatic heterocycles. The fourth-order valence-electron chi connectivity index (χ4n) is 7.76. The molecule has 3 unspecified atom stereocenters. The zero-order chi connectivity index (χ0) is 27.0. The molecular weight excluding hydrogens is 470 g/mol. The van der Waals surface area contributed by atoms with E-state index < -0.39 is 29.1 Å². The number of carbonyl (C=O) groups is 3. The highest BCUT2D eigenvalue weighted by Crippen LogP contribution is 2.65. The number of likely N-dealkylation sites (tertiary alicyclic amines) is 1. The van der Waals surface area contributed by atoms with Crippen LogP contribution in [0.4, 0.5) is 0 Å². The van der Waals surface area contributed by atoms with Crippen molar-refractivity contribution in [2.75, 3.05) is 32.8 Å². The molecule has 0 radical (unpaired) electrons. The van der Waals surface area contributed by atoms with E-state index in [-0.39, 0.29) is 42.8 Å².